The van der Waals surface area contributed by atoms with Gasteiger partial charge in [0.2, 0.25) is 0 Å². The smallest absolute Gasteiger partial charge is 0.260 e. The van der Waals surface area contributed by atoms with Crippen molar-refractivity contribution in [3.05, 3.63) is 27.7 Å². The van der Waals surface area contributed by atoms with E-state index in [1.165, 1.54) is 4.90 Å². The third kappa shape index (κ3) is 3.73. The fourth-order valence-electron chi connectivity index (χ4n) is 2.28. The van der Waals surface area contributed by atoms with E-state index in [-0.39, 0.29) is 12.5 Å². The van der Waals surface area contributed by atoms with Crippen molar-refractivity contribution in [2.45, 2.75) is 13.8 Å². The molecule has 0 unspecified atom stereocenters. The van der Waals surface area contributed by atoms with Crippen molar-refractivity contribution in [1.82, 2.24) is 4.90 Å². The van der Waals surface area contributed by atoms with Crippen LogP contribution in [0.15, 0.2) is 16.6 Å². The minimum absolute atomic E-state index is 0.0810. The van der Waals surface area contributed by atoms with E-state index in [1.807, 2.05) is 30.9 Å². The Morgan fingerprint density at radius 2 is 1.95 bits per heavy atom. The minimum Gasteiger partial charge on any atom is -0.483 e. The number of quaternary nitrogens is 1. The molecule has 0 radical (unpaired) electrons. The molecule has 5 heteroatoms. The highest BCUT2D eigenvalue weighted by Crippen LogP contribution is 2.26. The molecule has 1 fully saturated rings. The van der Waals surface area contributed by atoms with Crippen molar-refractivity contribution in [2.24, 2.45) is 0 Å². The van der Waals surface area contributed by atoms with Crippen molar-refractivity contribution in [2.75, 3.05) is 39.8 Å². The lowest BCUT2D eigenvalue weighted by atomic mass is 10.1. The van der Waals surface area contributed by atoms with Crippen LogP contribution in [0, 0.1) is 13.8 Å². The molecule has 0 aliphatic carbocycles. The Hall–Kier alpha value is -1.07. The van der Waals surface area contributed by atoms with Crippen molar-refractivity contribution in [3.63, 3.8) is 0 Å². The summed E-state index contributed by atoms with van der Waals surface area (Å²) in [6.07, 6.45) is 0. The summed E-state index contributed by atoms with van der Waals surface area (Å²) in [7, 11) is 2.16. The Bertz CT molecular complexity index is 497. The Morgan fingerprint density at radius 3 is 2.60 bits per heavy atom. The van der Waals surface area contributed by atoms with Gasteiger partial charge in [-0.25, -0.2) is 0 Å². The standard InChI is InChI=1S/C15H21BrN2O2/c1-11-9-14(12(2)8-13(11)16)20-10-15(19)18-6-4-17(3)5-7-18/h8-9H,4-7,10H2,1-3H3/p+1. The lowest BCUT2D eigenvalue weighted by molar-refractivity contribution is -0.883. The Balaban J connectivity index is 1.92. The number of carbonyl (C=O) groups excluding carboxylic acids is 1. The number of nitrogens with one attached hydrogen (secondary N) is 1. The molecule has 4 nitrogen and oxygen atoms in total. The summed E-state index contributed by atoms with van der Waals surface area (Å²) in [5.74, 6) is 0.872. The van der Waals surface area contributed by atoms with Crippen molar-refractivity contribution < 1.29 is 14.4 Å². The Morgan fingerprint density at radius 1 is 1.30 bits per heavy atom. The molecule has 0 saturated carbocycles. The van der Waals surface area contributed by atoms with Gasteiger partial charge in [0.15, 0.2) is 6.61 Å². The maximum Gasteiger partial charge on any atom is 0.260 e. The van der Waals surface area contributed by atoms with Crippen molar-refractivity contribution >= 4 is 21.8 Å². The second-order valence-corrected chi connectivity index (χ2v) is 6.35. The van der Waals surface area contributed by atoms with Crippen LogP contribution in [0.2, 0.25) is 0 Å². The second kappa shape index (κ2) is 6.59. The van der Waals surface area contributed by atoms with Gasteiger partial charge in [0.25, 0.3) is 5.91 Å². The van der Waals surface area contributed by atoms with Gasteiger partial charge < -0.3 is 14.5 Å². The van der Waals surface area contributed by atoms with E-state index in [0.717, 1.165) is 47.5 Å². The maximum absolute atomic E-state index is 12.1. The molecule has 110 valence electrons. The number of amides is 1. The molecule has 1 aliphatic rings. The van der Waals surface area contributed by atoms with Crippen LogP contribution < -0.4 is 9.64 Å². The molecule has 1 N–H and O–H groups in total. The molecule has 0 spiro atoms. The summed E-state index contributed by atoms with van der Waals surface area (Å²) in [5, 5.41) is 0. The molecule has 1 amide bonds. The molecule has 1 heterocycles. The third-order valence-corrected chi connectivity index (χ3v) is 4.63. The normalized spacial score (nSPS) is 16.3. The van der Waals surface area contributed by atoms with Crippen LogP contribution in [0.5, 0.6) is 5.75 Å². The van der Waals surface area contributed by atoms with Crippen molar-refractivity contribution in [3.8, 4) is 5.75 Å². The molecule has 0 aromatic heterocycles. The van der Waals surface area contributed by atoms with Gasteiger partial charge in [0.05, 0.1) is 33.2 Å². The zero-order valence-electron chi connectivity index (χ0n) is 12.3. The van der Waals surface area contributed by atoms with Gasteiger partial charge in [0.1, 0.15) is 5.75 Å². The van der Waals surface area contributed by atoms with Crippen LogP contribution in [-0.4, -0.2) is 50.6 Å². The minimum atomic E-state index is 0.0810. The highest BCUT2D eigenvalue weighted by molar-refractivity contribution is 9.10. The van der Waals surface area contributed by atoms with Crippen LogP contribution in [0.25, 0.3) is 0 Å². The van der Waals surface area contributed by atoms with E-state index in [4.69, 9.17) is 4.74 Å². The molecule has 1 aromatic rings. The number of hydrogen-bond acceptors (Lipinski definition) is 2. The summed E-state index contributed by atoms with van der Waals surface area (Å²) >= 11 is 3.50. The Labute approximate surface area is 128 Å². The predicted molar refractivity (Wildman–Crippen MR) is 82.3 cm³/mol. The number of rotatable bonds is 3. The number of halogens is 1. The van der Waals surface area contributed by atoms with E-state index >= 15 is 0 Å². The number of ether oxygens (including phenoxy) is 1. The first-order chi connectivity index (χ1) is 9.47. The SMILES string of the molecule is Cc1cc(OCC(=O)N2CC[NH+](C)CC2)c(C)cc1Br. The molecule has 1 aromatic carbocycles. The molecule has 0 atom stereocenters. The largest absolute Gasteiger partial charge is 0.483 e. The van der Waals surface area contributed by atoms with Gasteiger partial charge in [-0.15, -0.1) is 0 Å². The fraction of sp³-hybridized carbons (Fsp3) is 0.533. The highest BCUT2D eigenvalue weighted by atomic mass is 79.9. The lowest BCUT2D eigenvalue weighted by Gasteiger charge is -2.30. The van der Waals surface area contributed by atoms with E-state index < -0.39 is 0 Å². The van der Waals surface area contributed by atoms with Gasteiger partial charge in [0, 0.05) is 4.47 Å². The third-order valence-electron chi connectivity index (χ3n) is 3.78. The van der Waals surface area contributed by atoms with Gasteiger partial charge in [-0.2, -0.15) is 0 Å². The van der Waals surface area contributed by atoms with Crippen LogP contribution in [-0.2, 0) is 4.79 Å². The van der Waals surface area contributed by atoms with E-state index in [1.54, 1.807) is 0 Å². The number of piperazine rings is 1. The number of likely N-dealkylation sites (N-methyl/N-ethyl adjacent to an activating group) is 1. The number of carbonyl (C=O) groups is 1. The molecule has 20 heavy (non-hydrogen) atoms. The monoisotopic (exact) mass is 341 g/mol. The number of benzene rings is 1. The molecular weight excluding hydrogens is 320 g/mol. The molecule has 1 aliphatic heterocycles. The zero-order valence-corrected chi connectivity index (χ0v) is 13.9. The zero-order chi connectivity index (χ0) is 14.7. The Kier molecular flexibility index (Phi) is 5.05. The molecule has 1 saturated heterocycles. The predicted octanol–water partition coefficient (Wildman–Crippen LogP) is 0.802. The van der Waals surface area contributed by atoms with Gasteiger partial charge in [-0.05, 0) is 37.1 Å². The second-order valence-electron chi connectivity index (χ2n) is 5.49. The van der Waals surface area contributed by atoms with E-state index in [2.05, 4.69) is 23.0 Å². The molecular formula is C15H22BrN2O2+. The van der Waals surface area contributed by atoms with Gasteiger partial charge in [-0.1, -0.05) is 15.9 Å². The highest BCUT2D eigenvalue weighted by Gasteiger charge is 2.21. The first-order valence-electron chi connectivity index (χ1n) is 6.96. The number of aryl methyl sites for hydroxylation is 2. The van der Waals surface area contributed by atoms with E-state index in [9.17, 15) is 4.79 Å². The van der Waals surface area contributed by atoms with Crippen LogP contribution in [0.3, 0.4) is 0 Å². The maximum atomic E-state index is 12.1. The number of hydrogen-bond donors (Lipinski definition) is 1. The summed E-state index contributed by atoms with van der Waals surface area (Å²) in [6, 6.07) is 4.00. The first kappa shape index (κ1) is 15.3. The summed E-state index contributed by atoms with van der Waals surface area (Å²) in [5.41, 5.74) is 2.15. The van der Waals surface area contributed by atoms with Crippen LogP contribution in [0.1, 0.15) is 11.1 Å². The summed E-state index contributed by atoms with van der Waals surface area (Å²) < 4.78 is 6.76. The van der Waals surface area contributed by atoms with E-state index in [0.29, 0.717) is 0 Å². The fourth-order valence-corrected chi connectivity index (χ4v) is 2.74. The summed E-state index contributed by atoms with van der Waals surface area (Å²) in [6.45, 7) is 7.81. The lowest BCUT2D eigenvalue weighted by Crippen LogP contribution is -3.12. The summed E-state index contributed by atoms with van der Waals surface area (Å²) in [4.78, 5) is 15.5. The topological polar surface area (TPSA) is 34.0 Å². The van der Waals surface area contributed by atoms with Gasteiger partial charge >= 0.3 is 0 Å². The average Bonchev–Trinajstić information content (AvgIpc) is 2.42. The quantitative estimate of drug-likeness (QED) is 0.882. The average molecular weight is 342 g/mol. The molecule has 0 bridgehead atoms. The van der Waals surface area contributed by atoms with Crippen LogP contribution >= 0.6 is 15.9 Å². The van der Waals surface area contributed by atoms with Crippen molar-refractivity contribution in [1.29, 1.82) is 0 Å². The van der Waals surface area contributed by atoms with Gasteiger partial charge in [-0.3, -0.25) is 4.79 Å². The molecule has 2 rings (SSSR count). The first-order valence-corrected chi connectivity index (χ1v) is 7.75. The number of nitrogens with zero attached hydrogens (tertiary/aromatic N) is 1. The van der Waals surface area contributed by atoms with Crippen LogP contribution in [0.4, 0.5) is 0 Å².